The summed E-state index contributed by atoms with van der Waals surface area (Å²) in [5, 5.41) is -0.696. The Kier molecular flexibility index (Phi) is 4.38. The molecule has 0 aliphatic rings. The van der Waals surface area contributed by atoms with Crippen molar-refractivity contribution in [3.63, 3.8) is 0 Å². The first-order valence-electron chi connectivity index (χ1n) is 6.08. The molecule has 0 spiro atoms. The molecule has 0 unspecified atom stereocenters. The maximum absolute atomic E-state index is 12.3. The Hall–Kier alpha value is -1.09. The fourth-order valence-corrected chi connectivity index (χ4v) is 2.07. The fourth-order valence-electron chi connectivity index (χ4n) is 1.93. The van der Waals surface area contributed by atoms with Gasteiger partial charge in [-0.25, -0.2) is 0 Å². The lowest BCUT2D eigenvalue weighted by Crippen LogP contribution is -2.33. The van der Waals surface area contributed by atoms with Gasteiger partial charge < -0.3 is 4.57 Å². The molecule has 0 N–H and O–H groups in total. The van der Waals surface area contributed by atoms with Gasteiger partial charge in [-0.1, -0.05) is 34.6 Å². The third-order valence-electron chi connectivity index (χ3n) is 2.70. The molecule has 0 fully saturated rings. The van der Waals surface area contributed by atoms with Gasteiger partial charge in [-0.15, -0.1) is 0 Å². The molecule has 0 aromatic carbocycles. The van der Waals surface area contributed by atoms with Crippen molar-refractivity contribution in [1.82, 2.24) is 4.57 Å². The normalized spacial score (nSPS) is 11.9. The van der Waals surface area contributed by atoms with Crippen molar-refractivity contribution in [2.75, 3.05) is 0 Å². The smallest absolute Gasteiger partial charge is 0.262 e. The summed E-state index contributed by atoms with van der Waals surface area (Å²) in [6.07, 6.45) is 0. The highest BCUT2D eigenvalue weighted by molar-refractivity contribution is 6.67. The van der Waals surface area contributed by atoms with Crippen molar-refractivity contribution in [2.45, 2.75) is 46.6 Å². The molecule has 1 aromatic rings. The number of aromatic nitrogens is 1. The van der Waals surface area contributed by atoms with Crippen LogP contribution in [0.1, 0.15) is 50.7 Å². The van der Waals surface area contributed by atoms with Crippen LogP contribution in [0.5, 0.6) is 0 Å². The van der Waals surface area contributed by atoms with Gasteiger partial charge in [0.2, 0.25) is 0 Å². The van der Waals surface area contributed by atoms with Crippen LogP contribution in [0.4, 0.5) is 0 Å². The maximum atomic E-state index is 12.3. The molecule has 1 rings (SSSR count). The lowest BCUT2D eigenvalue weighted by atomic mass is 9.90. The molecule has 0 aliphatic heterocycles. The Morgan fingerprint density at radius 1 is 1.33 bits per heavy atom. The van der Waals surface area contributed by atoms with Crippen LogP contribution < -0.4 is 5.56 Å². The van der Waals surface area contributed by atoms with E-state index in [4.69, 9.17) is 11.6 Å². The molecular formula is C14H20ClNO2. The minimum Gasteiger partial charge on any atom is -0.311 e. The van der Waals surface area contributed by atoms with Gasteiger partial charge in [-0.3, -0.25) is 9.59 Å². The predicted molar refractivity (Wildman–Crippen MR) is 74.4 cm³/mol. The van der Waals surface area contributed by atoms with Gasteiger partial charge in [0.25, 0.3) is 10.8 Å². The zero-order chi connectivity index (χ0) is 14.1. The van der Waals surface area contributed by atoms with E-state index >= 15 is 0 Å². The molecule has 0 saturated carbocycles. The van der Waals surface area contributed by atoms with Gasteiger partial charge in [-0.05, 0) is 29.7 Å². The SMILES string of the molecule is CC(C)Cn1c(C(C)(C)C)ccc(C(=O)Cl)c1=O. The number of carbonyl (C=O) groups excluding carboxylic acids is 1. The van der Waals surface area contributed by atoms with Crippen molar-refractivity contribution in [3.05, 3.63) is 33.7 Å². The molecule has 4 heteroatoms. The second kappa shape index (κ2) is 5.27. The standard InChI is InChI=1S/C14H20ClNO2/c1-9(2)8-16-11(14(3,4)5)7-6-10(12(15)17)13(16)18/h6-7,9H,8H2,1-5H3. The fraction of sp³-hybridized carbons (Fsp3) is 0.571. The molecule has 0 amide bonds. The lowest BCUT2D eigenvalue weighted by molar-refractivity contribution is 0.107. The average Bonchev–Trinajstić information content (AvgIpc) is 2.17. The first kappa shape index (κ1) is 15.0. The van der Waals surface area contributed by atoms with E-state index in [0.717, 1.165) is 5.69 Å². The minimum absolute atomic E-state index is 0.0466. The van der Waals surface area contributed by atoms with Gasteiger partial charge in [0.05, 0.1) is 5.56 Å². The van der Waals surface area contributed by atoms with Crippen molar-refractivity contribution < 1.29 is 4.79 Å². The average molecular weight is 270 g/mol. The topological polar surface area (TPSA) is 39.1 Å². The van der Waals surface area contributed by atoms with Crippen LogP contribution in [0.15, 0.2) is 16.9 Å². The molecule has 0 radical (unpaired) electrons. The van der Waals surface area contributed by atoms with Crippen LogP contribution in [-0.4, -0.2) is 9.81 Å². The van der Waals surface area contributed by atoms with Crippen LogP contribution in [0.2, 0.25) is 0 Å². The van der Waals surface area contributed by atoms with E-state index in [1.54, 1.807) is 4.57 Å². The summed E-state index contributed by atoms with van der Waals surface area (Å²) >= 11 is 5.43. The third-order valence-corrected chi connectivity index (χ3v) is 2.91. The van der Waals surface area contributed by atoms with Crippen LogP contribution in [0.25, 0.3) is 0 Å². The second-order valence-corrected chi connectivity index (χ2v) is 6.31. The Morgan fingerprint density at radius 3 is 2.28 bits per heavy atom. The van der Waals surface area contributed by atoms with Gasteiger partial charge in [-0.2, -0.15) is 0 Å². The zero-order valence-electron chi connectivity index (χ0n) is 11.6. The van der Waals surface area contributed by atoms with Crippen molar-refractivity contribution in [1.29, 1.82) is 0 Å². The number of halogens is 1. The number of carbonyl (C=O) groups is 1. The van der Waals surface area contributed by atoms with Crippen molar-refractivity contribution in [3.8, 4) is 0 Å². The molecule has 1 heterocycles. The Labute approximate surface area is 113 Å². The minimum atomic E-state index is -0.696. The summed E-state index contributed by atoms with van der Waals surface area (Å²) in [7, 11) is 0. The summed E-state index contributed by atoms with van der Waals surface area (Å²) in [6, 6.07) is 3.34. The molecule has 0 atom stereocenters. The van der Waals surface area contributed by atoms with Gasteiger partial charge >= 0.3 is 0 Å². The van der Waals surface area contributed by atoms with Gasteiger partial charge in [0.15, 0.2) is 0 Å². The van der Waals surface area contributed by atoms with Crippen molar-refractivity contribution in [2.24, 2.45) is 5.92 Å². The number of pyridine rings is 1. The van der Waals surface area contributed by atoms with E-state index in [1.807, 2.05) is 40.7 Å². The highest BCUT2D eigenvalue weighted by atomic mass is 35.5. The van der Waals surface area contributed by atoms with E-state index in [9.17, 15) is 9.59 Å². The molecular weight excluding hydrogens is 250 g/mol. The van der Waals surface area contributed by atoms with Gasteiger partial charge in [0, 0.05) is 17.7 Å². The van der Waals surface area contributed by atoms with Gasteiger partial charge in [0.1, 0.15) is 0 Å². The number of rotatable bonds is 3. The largest absolute Gasteiger partial charge is 0.311 e. The maximum Gasteiger partial charge on any atom is 0.262 e. The van der Waals surface area contributed by atoms with Crippen molar-refractivity contribution >= 4 is 16.8 Å². The summed E-state index contributed by atoms with van der Waals surface area (Å²) in [6.45, 7) is 10.8. The molecule has 1 aromatic heterocycles. The lowest BCUT2D eigenvalue weighted by Gasteiger charge is -2.25. The van der Waals surface area contributed by atoms with E-state index in [1.165, 1.54) is 6.07 Å². The Morgan fingerprint density at radius 2 is 1.89 bits per heavy atom. The molecule has 0 saturated heterocycles. The third kappa shape index (κ3) is 3.22. The highest BCUT2D eigenvalue weighted by Crippen LogP contribution is 2.22. The molecule has 3 nitrogen and oxygen atoms in total. The number of nitrogens with zero attached hydrogens (tertiary/aromatic N) is 1. The quantitative estimate of drug-likeness (QED) is 0.791. The Balaban J connectivity index is 3.52. The van der Waals surface area contributed by atoms with E-state index in [0.29, 0.717) is 12.5 Å². The number of hydrogen-bond donors (Lipinski definition) is 0. The monoisotopic (exact) mass is 269 g/mol. The summed E-state index contributed by atoms with van der Waals surface area (Å²) in [4.78, 5) is 23.5. The van der Waals surface area contributed by atoms with E-state index < -0.39 is 5.24 Å². The van der Waals surface area contributed by atoms with E-state index in [2.05, 4.69) is 0 Å². The number of hydrogen-bond acceptors (Lipinski definition) is 2. The summed E-state index contributed by atoms with van der Waals surface area (Å²) in [5.74, 6) is 0.324. The molecule has 0 aliphatic carbocycles. The predicted octanol–water partition coefficient (Wildman–Crippen LogP) is 3.18. The molecule has 100 valence electrons. The first-order chi connectivity index (χ1) is 8.14. The Bertz CT molecular complexity index is 510. The van der Waals surface area contributed by atoms with Crippen LogP contribution in [0.3, 0.4) is 0 Å². The van der Waals surface area contributed by atoms with Crippen LogP contribution >= 0.6 is 11.6 Å². The molecule has 18 heavy (non-hydrogen) atoms. The zero-order valence-corrected chi connectivity index (χ0v) is 12.3. The van der Waals surface area contributed by atoms with E-state index in [-0.39, 0.29) is 16.5 Å². The van der Waals surface area contributed by atoms with Crippen LogP contribution in [-0.2, 0) is 12.0 Å². The van der Waals surface area contributed by atoms with Crippen LogP contribution in [0, 0.1) is 5.92 Å². The second-order valence-electron chi connectivity index (χ2n) is 5.97. The molecule has 0 bridgehead atoms. The summed E-state index contributed by atoms with van der Waals surface area (Å²) < 4.78 is 1.67. The highest BCUT2D eigenvalue weighted by Gasteiger charge is 2.22. The first-order valence-corrected chi connectivity index (χ1v) is 6.46. The summed E-state index contributed by atoms with van der Waals surface area (Å²) in [5.41, 5.74) is 0.520.